The Morgan fingerprint density at radius 1 is 1.16 bits per heavy atom. The second-order valence-corrected chi connectivity index (χ2v) is 6.35. The fourth-order valence-corrected chi connectivity index (χ4v) is 2.45. The molecular weight excluding hydrogens is 318 g/mol. The van der Waals surface area contributed by atoms with Crippen LogP contribution in [-0.4, -0.2) is 36.9 Å². The van der Waals surface area contributed by atoms with Crippen LogP contribution in [0.2, 0.25) is 0 Å². The molecule has 0 saturated heterocycles. The maximum atomic E-state index is 11.9. The standard InChI is InChI=1S/C20H25NO4/c1-15-6-4-5-7-18(15)25-13-19(22)21-14-20(2,23)12-16-8-10-17(24-3)11-9-16/h4-11,23H,12-14H2,1-3H3,(H,21,22). The van der Waals surface area contributed by atoms with Gasteiger partial charge in [0.1, 0.15) is 11.5 Å². The molecule has 0 fully saturated rings. The minimum atomic E-state index is -1.05. The second kappa shape index (κ2) is 8.53. The van der Waals surface area contributed by atoms with E-state index in [0.29, 0.717) is 12.2 Å². The minimum Gasteiger partial charge on any atom is -0.497 e. The summed E-state index contributed by atoms with van der Waals surface area (Å²) in [5.74, 6) is 1.19. The van der Waals surface area contributed by atoms with Crippen molar-refractivity contribution in [2.24, 2.45) is 0 Å². The number of para-hydroxylation sites is 1. The zero-order valence-corrected chi connectivity index (χ0v) is 14.9. The quantitative estimate of drug-likeness (QED) is 0.773. The van der Waals surface area contributed by atoms with Crippen LogP contribution in [-0.2, 0) is 11.2 Å². The highest BCUT2D eigenvalue weighted by Gasteiger charge is 2.22. The number of hydrogen-bond donors (Lipinski definition) is 2. The lowest BCUT2D eigenvalue weighted by Gasteiger charge is -2.24. The summed E-state index contributed by atoms with van der Waals surface area (Å²) >= 11 is 0. The maximum absolute atomic E-state index is 11.9. The number of carbonyl (C=O) groups is 1. The molecule has 25 heavy (non-hydrogen) atoms. The van der Waals surface area contributed by atoms with Crippen molar-refractivity contribution >= 4 is 5.91 Å². The van der Waals surface area contributed by atoms with Gasteiger partial charge in [-0.2, -0.15) is 0 Å². The van der Waals surface area contributed by atoms with Crippen molar-refractivity contribution in [3.05, 3.63) is 59.7 Å². The summed E-state index contributed by atoms with van der Waals surface area (Å²) in [6, 6.07) is 15.0. The Bertz CT molecular complexity index is 695. The van der Waals surface area contributed by atoms with Gasteiger partial charge < -0.3 is 19.9 Å². The highest BCUT2D eigenvalue weighted by molar-refractivity contribution is 5.77. The Kier molecular flexibility index (Phi) is 6.42. The number of carbonyl (C=O) groups excluding carboxylic acids is 1. The summed E-state index contributed by atoms with van der Waals surface area (Å²) in [5, 5.41) is 13.2. The topological polar surface area (TPSA) is 67.8 Å². The Morgan fingerprint density at radius 3 is 2.48 bits per heavy atom. The first kappa shape index (κ1) is 18.8. The molecule has 134 valence electrons. The van der Waals surface area contributed by atoms with E-state index >= 15 is 0 Å². The van der Waals surface area contributed by atoms with Crippen LogP contribution < -0.4 is 14.8 Å². The zero-order valence-electron chi connectivity index (χ0n) is 14.9. The van der Waals surface area contributed by atoms with Crippen molar-refractivity contribution < 1.29 is 19.4 Å². The van der Waals surface area contributed by atoms with Gasteiger partial charge in [0.25, 0.3) is 5.91 Å². The van der Waals surface area contributed by atoms with Gasteiger partial charge in [0.2, 0.25) is 0 Å². The number of hydrogen-bond acceptors (Lipinski definition) is 4. The Morgan fingerprint density at radius 2 is 1.84 bits per heavy atom. The Labute approximate surface area is 148 Å². The molecule has 2 aromatic rings. The van der Waals surface area contributed by atoms with Gasteiger partial charge in [-0.15, -0.1) is 0 Å². The first-order valence-electron chi connectivity index (χ1n) is 8.20. The van der Waals surface area contributed by atoms with E-state index in [1.807, 2.05) is 55.5 Å². The predicted molar refractivity (Wildman–Crippen MR) is 97.0 cm³/mol. The predicted octanol–water partition coefficient (Wildman–Crippen LogP) is 2.49. The van der Waals surface area contributed by atoms with Crippen LogP contribution in [0.25, 0.3) is 0 Å². The molecule has 5 nitrogen and oxygen atoms in total. The molecule has 0 aliphatic carbocycles. The van der Waals surface area contributed by atoms with Gasteiger partial charge >= 0.3 is 0 Å². The van der Waals surface area contributed by atoms with Gasteiger partial charge in [0, 0.05) is 13.0 Å². The molecule has 0 aromatic heterocycles. The SMILES string of the molecule is COc1ccc(CC(C)(O)CNC(=O)COc2ccccc2C)cc1. The van der Waals surface area contributed by atoms with Crippen molar-refractivity contribution in [1.29, 1.82) is 0 Å². The maximum Gasteiger partial charge on any atom is 0.258 e. The number of rotatable bonds is 8. The van der Waals surface area contributed by atoms with Crippen molar-refractivity contribution in [3.8, 4) is 11.5 Å². The van der Waals surface area contributed by atoms with Gasteiger partial charge in [-0.3, -0.25) is 4.79 Å². The molecule has 5 heteroatoms. The molecule has 0 bridgehead atoms. The molecule has 2 aromatic carbocycles. The third kappa shape index (κ3) is 6.12. The lowest BCUT2D eigenvalue weighted by molar-refractivity contribution is -0.124. The molecule has 1 atom stereocenters. The van der Waals surface area contributed by atoms with Crippen LogP contribution in [0.5, 0.6) is 11.5 Å². The lowest BCUT2D eigenvalue weighted by Crippen LogP contribution is -2.43. The van der Waals surface area contributed by atoms with Crippen molar-refractivity contribution in [3.63, 3.8) is 0 Å². The van der Waals surface area contributed by atoms with E-state index in [-0.39, 0.29) is 19.1 Å². The van der Waals surface area contributed by atoms with E-state index in [2.05, 4.69) is 5.32 Å². The summed E-state index contributed by atoms with van der Waals surface area (Å²) < 4.78 is 10.6. The molecule has 0 spiro atoms. The summed E-state index contributed by atoms with van der Waals surface area (Å²) in [4.78, 5) is 11.9. The zero-order chi connectivity index (χ0) is 18.3. The van der Waals surface area contributed by atoms with Crippen LogP contribution in [0, 0.1) is 6.92 Å². The smallest absolute Gasteiger partial charge is 0.258 e. The second-order valence-electron chi connectivity index (χ2n) is 6.35. The average Bonchev–Trinajstić information content (AvgIpc) is 2.60. The molecule has 1 unspecified atom stereocenters. The summed E-state index contributed by atoms with van der Waals surface area (Å²) in [7, 11) is 1.61. The molecule has 0 radical (unpaired) electrons. The third-order valence-corrected chi connectivity index (χ3v) is 3.86. The van der Waals surface area contributed by atoms with Gasteiger partial charge in [0.15, 0.2) is 6.61 Å². The fraction of sp³-hybridized carbons (Fsp3) is 0.350. The molecule has 0 aliphatic rings. The lowest BCUT2D eigenvalue weighted by atomic mass is 9.96. The molecule has 0 aliphatic heterocycles. The van der Waals surface area contributed by atoms with Crippen LogP contribution in [0.1, 0.15) is 18.1 Å². The molecular formula is C20H25NO4. The van der Waals surface area contributed by atoms with Crippen LogP contribution in [0.15, 0.2) is 48.5 Å². The van der Waals surface area contributed by atoms with E-state index in [0.717, 1.165) is 16.9 Å². The van der Waals surface area contributed by atoms with Crippen molar-refractivity contribution in [1.82, 2.24) is 5.32 Å². The highest BCUT2D eigenvalue weighted by Crippen LogP contribution is 2.17. The Hall–Kier alpha value is -2.53. The number of methoxy groups -OCH3 is 1. The summed E-state index contributed by atoms with van der Waals surface area (Å²) in [6.45, 7) is 3.69. The molecule has 0 saturated carbocycles. The number of nitrogens with one attached hydrogen (secondary N) is 1. The normalized spacial score (nSPS) is 13.0. The van der Waals surface area contributed by atoms with Gasteiger partial charge in [-0.1, -0.05) is 30.3 Å². The number of aliphatic hydroxyl groups is 1. The summed E-state index contributed by atoms with van der Waals surface area (Å²) in [6.07, 6.45) is 0.427. The fourth-order valence-electron chi connectivity index (χ4n) is 2.45. The van der Waals surface area contributed by atoms with Crippen LogP contribution >= 0.6 is 0 Å². The average molecular weight is 343 g/mol. The van der Waals surface area contributed by atoms with Crippen LogP contribution in [0.4, 0.5) is 0 Å². The van der Waals surface area contributed by atoms with Crippen molar-refractivity contribution in [2.45, 2.75) is 25.9 Å². The number of ether oxygens (including phenoxy) is 2. The molecule has 1 amide bonds. The number of aryl methyl sites for hydroxylation is 1. The van der Waals surface area contributed by atoms with E-state index in [1.165, 1.54) is 0 Å². The first-order chi connectivity index (χ1) is 11.9. The Balaban J connectivity index is 1.79. The highest BCUT2D eigenvalue weighted by atomic mass is 16.5. The van der Waals surface area contributed by atoms with Gasteiger partial charge in [-0.05, 0) is 43.2 Å². The van der Waals surface area contributed by atoms with Gasteiger partial charge in [0.05, 0.1) is 12.7 Å². The number of amides is 1. The van der Waals surface area contributed by atoms with E-state index in [9.17, 15) is 9.90 Å². The van der Waals surface area contributed by atoms with Gasteiger partial charge in [-0.25, -0.2) is 0 Å². The van der Waals surface area contributed by atoms with Crippen LogP contribution in [0.3, 0.4) is 0 Å². The molecule has 2 N–H and O–H groups in total. The van der Waals surface area contributed by atoms with E-state index in [4.69, 9.17) is 9.47 Å². The molecule has 0 heterocycles. The largest absolute Gasteiger partial charge is 0.497 e. The third-order valence-electron chi connectivity index (χ3n) is 3.86. The van der Waals surface area contributed by atoms with E-state index in [1.54, 1.807) is 14.0 Å². The first-order valence-corrected chi connectivity index (χ1v) is 8.20. The van der Waals surface area contributed by atoms with E-state index < -0.39 is 5.60 Å². The monoisotopic (exact) mass is 343 g/mol. The number of benzene rings is 2. The molecule has 2 rings (SSSR count). The summed E-state index contributed by atoms with van der Waals surface area (Å²) in [5.41, 5.74) is 0.894. The van der Waals surface area contributed by atoms with Crippen molar-refractivity contribution in [2.75, 3.05) is 20.3 Å². The minimum absolute atomic E-state index is 0.0799.